The number of likely N-dealkylation sites (tertiary alicyclic amines) is 1. The van der Waals surface area contributed by atoms with Crippen LogP contribution in [0.4, 0.5) is 4.79 Å². The number of amides is 1. The van der Waals surface area contributed by atoms with Gasteiger partial charge in [0.2, 0.25) is 0 Å². The first kappa shape index (κ1) is 21.8. The number of carbonyl (C=O) groups excluding carboxylic acids is 1. The van der Waals surface area contributed by atoms with Crippen molar-refractivity contribution in [1.82, 2.24) is 10.2 Å². The van der Waals surface area contributed by atoms with Gasteiger partial charge in [0.15, 0.2) is 0 Å². The number of nitrogens with one attached hydrogen (secondary N) is 1. The molecule has 2 saturated heterocycles. The molecule has 2 fully saturated rings. The van der Waals surface area contributed by atoms with E-state index in [-0.39, 0.29) is 17.7 Å². The van der Waals surface area contributed by atoms with Crippen LogP contribution >= 0.6 is 11.6 Å². The molecule has 6 heteroatoms. The molecule has 3 aromatic rings. The van der Waals surface area contributed by atoms with Crippen molar-refractivity contribution < 1.29 is 14.3 Å². The first-order valence-electron chi connectivity index (χ1n) is 11.3. The molecule has 2 heterocycles. The number of alkyl carbamates (subject to hydrolysis) is 1. The second-order valence-corrected chi connectivity index (χ2v) is 9.20. The van der Waals surface area contributed by atoms with Gasteiger partial charge < -0.3 is 14.8 Å². The van der Waals surface area contributed by atoms with Gasteiger partial charge in [-0.05, 0) is 41.0 Å². The van der Waals surface area contributed by atoms with Crippen molar-refractivity contribution in [1.29, 1.82) is 0 Å². The van der Waals surface area contributed by atoms with Crippen molar-refractivity contribution in [3.05, 3.63) is 101 Å². The van der Waals surface area contributed by atoms with Gasteiger partial charge >= 0.3 is 6.09 Å². The number of carbonyl (C=O) groups is 1. The van der Waals surface area contributed by atoms with E-state index in [1.54, 1.807) is 0 Å². The molecule has 0 saturated carbocycles. The molecule has 1 amide bonds. The third-order valence-corrected chi connectivity index (χ3v) is 6.82. The van der Waals surface area contributed by atoms with Gasteiger partial charge in [-0.1, -0.05) is 66.2 Å². The summed E-state index contributed by atoms with van der Waals surface area (Å²) in [5, 5.41) is 3.54. The van der Waals surface area contributed by atoms with Crippen LogP contribution in [0.25, 0.3) is 0 Å². The predicted octanol–water partition coefficient (Wildman–Crippen LogP) is 5.58. The number of hydrogen-bond acceptors (Lipinski definition) is 4. The van der Waals surface area contributed by atoms with Gasteiger partial charge in [-0.2, -0.15) is 0 Å². The maximum Gasteiger partial charge on any atom is 0.407 e. The number of ether oxygens (including phenoxy) is 2. The molecule has 1 N–H and O–H groups in total. The number of halogens is 1. The smallest absolute Gasteiger partial charge is 0.407 e. The molecule has 0 bridgehead atoms. The molecule has 0 aromatic heterocycles. The minimum Gasteiger partial charge on any atom is -0.489 e. The molecular formula is C27H27ClN2O3. The topological polar surface area (TPSA) is 50.8 Å². The fourth-order valence-electron chi connectivity index (χ4n) is 4.72. The number of nitrogens with zero attached hydrogens (tertiary/aromatic N) is 1. The van der Waals surface area contributed by atoms with Crippen LogP contribution in [0, 0.1) is 0 Å². The SMILES string of the molecule is O=C1NCC2(CCN(C(c3ccc(Cl)cc3)c3ccc(OCc4ccccc4)cc3)CC2)O1. The largest absolute Gasteiger partial charge is 0.489 e. The molecule has 5 nitrogen and oxygen atoms in total. The van der Waals surface area contributed by atoms with Crippen LogP contribution < -0.4 is 10.1 Å². The summed E-state index contributed by atoms with van der Waals surface area (Å²) in [6, 6.07) is 26.7. The number of benzene rings is 3. The van der Waals surface area contributed by atoms with E-state index < -0.39 is 0 Å². The lowest BCUT2D eigenvalue weighted by Gasteiger charge is -2.41. The molecule has 33 heavy (non-hydrogen) atoms. The molecule has 170 valence electrons. The molecule has 1 unspecified atom stereocenters. The zero-order chi connectivity index (χ0) is 22.7. The summed E-state index contributed by atoms with van der Waals surface area (Å²) in [6.45, 7) is 2.82. The first-order valence-corrected chi connectivity index (χ1v) is 11.7. The molecule has 5 rings (SSSR count). The fourth-order valence-corrected chi connectivity index (χ4v) is 4.84. The Balaban J connectivity index is 1.33. The van der Waals surface area contributed by atoms with Crippen LogP contribution in [0.2, 0.25) is 5.02 Å². The van der Waals surface area contributed by atoms with E-state index in [4.69, 9.17) is 21.1 Å². The Morgan fingerprint density at radius 2 is 1.58 bits per heavy atom. The van der Waals surface area contributed by atoms with Crippen LogP contribution in [0.1, 0.15) is 35.6 Å². The summed E-state index contributed by atoms with van der Waals surface area (Å²) in [7, 11) is 0. The zero-order valence-electron chi connectivity index (χ0n) is 18.4. The molecule has 1 atom stereocenters. The molecule has 0 aliphatic carbocycles. The second-order valence-electron chi connectivity index (χ2n) is 8.76. The second kappa shape index (κ2) is 9.46. The van der Waals surface area contributed by atoms with Crippen LogP contribution in [0.5, 0.6) is 5.75 Å². The molecule has 2 aliphatic heterocycles. The van der Waals surface area contributed by atoms with Gasteiger partial charge in [0.05, 0.1) is 12.6 Å². The lowest BCUT2D eigenvalue weighted by Crippen LogP contribution is -2.47. The molecule has 1 spiro atoms. The number of rotatable bonds is 6. The summed E-state index contributed by atoms with van der Waals surface area (Å²) in [5.41, 5.74) is 3.16. The van der Waals surface area contributed by atoms with Gasteiger partial charge in [0.25, 0.3) is 0 Å². The highest BCUT2D eigenvalue weighted by atomic mass is 35.5. The van der Waals surface area contributed by atoms with Gasteiger partial charge in [0.1, 0.15) is 18.0 Å². The summed E-state index contributed by atoms with van der Waals surface area (Å²) in [4.78, 5) is 14.1. The van der Waals surface area contributed by atoms with Gasteiger partial charge in [0, 0.05) is 31.0 Å². The third kappa shape index (κ3) is 5.00. The van der Waals surface area contributed by atoms with Crippen molar-refractivity contribution in [2.45, 2.75) is 31.1 Å². The fraction of sp³-hybridized carbons (Fsp3) is 0.296. The molecule has 2 aliphatic rings. The molecular weight excluding hydrogens is 436 g/mol. The number of piperidine rings is 1. The van der Waals surface area contributed by atoms with E-state index in [1.165, 1.54) is 11.1 Å². The highest BCUT2D eigenvalue weighted by Crippen LogP contribution is 2.37. The van der Waals surface area contributed by atoms with E-state index >= 15 is 0 Å². The van der Waals surface area contributed by atoms with Gasteiger partial charge in [-0.3, -0.25) is 4.90 Å². The summed E-state index contributed by atoms with van der Waals surface area (Å²) in [6.07, 6.45) is 1.33. The predicted molar refractivity (Wildman–Crippen MR) is 129 cm³/mol. The molecule has 3 aromatic carbocycles. The van der Waals surface area contributed by atoms with Crippen LogP contribution in [0.3, 0.4) is 0 Å². The quantitative estimate of drug-likeness (QED) is 0.519. The third-order valence-electron chi connectivity index (χ3n) is 6.57. The van der Waals surface area contributed by atoms with E-state index in [2.05, 4.69) is 46.6 Å². The van der Waals surface area contributed by atoms with Crippen molar-refractivity contribution in [2.75, 3.05) is 19.6 Å². The van der Waals surface area contributed by atoms with Crippen molar-refractivity contribution >= 4 is 17.7 Å². The van der Waals surface area contributed by atoms with E-state index in [9.17, 15) is 4.79 Å². The Hall–Kier alpha value is -3.02. The van der Waals surface area contributed by atoms with E-state index in [0.29, 0.717) is 13.2 Å². The Labute approximate surface area is 199 Å². The van der Waals surface area contributed by atoms with Crippen LogP contribution in [-0.2, 0) is 11.3 Å². The van der Waals surface area contributed by atoms with Crippen molar-refractivity contribution in [3.8, 4) is 5.75 Å². The van der Waals surface area contributed by atoms with Gasteiger partial charge in [-0.25, -0.2) is 4.79 Å². The lowest BCUT2D eigenvalue weighted by molar-refractivity contribution is -0.00618. The maximum atomic E-state index is 11.6. The van der Waals surface area contributed by atoms with Crippen molar-refractivity contribution in [2.24, 2.45) is 0 Å². The Morgan fingerprint density at radius 3 is 2.18 bits per heavy atom. The maximum absolute atomic E-state index is 11.6. The summed E-state index contributed by atoms with van der Waals surface area (Å²) >= 11 is 6.16. The monoisotopic (exact) mass is 462 g/mol. The van der Waals surface area contributed by atoms with E-state index in [1.807, 2.05) is 42.5 Å². The van der Waals surface area contributed by atoms with Crippen molar-refractivity contribution in [3.63, 3.8) is 0 Å². The number of hydrogen-bond donors (Lipinski definition) is 1. The summed E-state index contributed by atoms with van der Waals surface area (Å²) in [5.74, 6) is 0.846. The standard InChI is InChI=1S/C27H27ClN2O3/c28-23-10-6-21(7-11-23)25(30-16-14-27(15-17-30)19-29-26(31)33-27)22-8-12-24(13-9-22)32-18-20-4-2-1-3-5-20/h1-13,25H,14-19H2,(H,29,31). The van der Waals surface area contributed by atoms with Gasteiger partial charge in [-0.15, -0.1) is 0 Å². The zero-order valence-corrected chi connectivity index (χ0v) is 19.1. The Kier molecular flexibility index (Phi) is 6.25. The summed E-state index contributed by atoms with van der Waals surface area (Å²) < 4.78 is 11.6. The Morgan fingerprint density at radius 1 is 0.939 bits per heavy atom. The van der Waals surface area contributed by atoms with Crippen LogP contribution in [0.15, 0.2) is 78.9 Å². The van der Waals surface area contributed by atoms with E-state index in [0.717, 1.165) is 42.3 Å². The highest BCUT2D eigenvalue weighted by molar-refractivity contribution is 6.30. The molecule has 0 radical (unpaired) electrons. The average Bonchev–Trinajstić information content (AvgIpc) is 3.21. The normalized spacial score (nSPS) is 18.5. The first-order chi connectivity index (χ1) is 16.1. The minimum atomic E-state index is -0.368. The minimum absolute atomic E-state index is 0.0906. The lowest BCUT2D eigenvalue weighted by atomic mass is 9.88. The highest BCUT2D eigenvalue weighted by Gasteiger charge is 2.44. The Bertz CT molecular complexity index is 1080. The van der Waals surface area contributed by atoms with Crippen LogP contribution in [-0.4, -0.2) is 36.2 Å². The average molecular weight is 463 g/mol.